The van der Waals surface area contributed by atoms with E-state index in [1.807, 2.05) is 6.92 Å². The van der Waals surface area contributed by atoms with E-state index in [0.29, 0.717) is 5.92 Å². The molecule has 1 aromatic carbocycles. The van der Waals surface area contributed by atoms with Gasteiger partial charge < -0.3 is 10.4 Å². The number of hydrogen-bond acceptors (Lipinski definition) is 2. The Morgan fingerprint density at radius 1 is 1.35 bits per heavy atom. The van der Waals surface area contributed by atoms with Crippen molar-refractivity contribution in [2.45, 2.75) is 38.6 Å². The van der Waals surface area contributed by atoms with Gasteiger partial charge in [-0.3, -0.25) is 4.79 Å². The SMILES string of the molecule is CC(NC(=O)c1ccc(C(=O)O)cc1F)C1CCCC1. The molecule has 0 aliphatic heterocycles. The first-order chi connectivity index (χ1) is 9.49. The summed E-state index contributed by atoms with van der Waals surface area (Å²) in [6.45, 7) is 1.93. The van der Waals surface area contributed by atoms with Crippen molar-refractivity contribution >= 4 is 11.9 Å². The minimum absolute atomic E-state index is 0.00329. The first-order valence-corrected chi connectivity index (χ1v) is 6.82. The zero-order valence-corrected chi connectivity index (χ0v) is 11.4. The third-order valence-electron chi connectivity index (χ3n) is 3.93. The van der Waals surface area contributed by atoms with E-state index in [9.17, 15) is 14.0 Å². The maximum Gasteiger partial charge on any atom is 0.335 e. The number of carboxylic acids is 1. The van der Waals surface area contributed by atoms with E-state index in [1.54, 1.807) is 0 Å². The van der Waals surface area contributed by atoms with Gasteiger partial charge in [0.15, 0.2) is 0 Å². The quantitative estimate of drug-likeness (QED) is 0.890. The molecule has 20 heavy (non-hydrogen) atoms. The van der Waals surface area contributed by atoms with Gasteiger partial charge in [-0.2, -0.15) is 0 Å². The zero-order chi connectivity index (χ0) is 14.7. The van der Waals surface area contributed by atoms with E-state index < -0.39 is 17.7 Å². The summed E-state index contributed by atoms with van der Waals surface area (Å²) < 4.78 is 13.8. The lowest BCUT2D eigenvalue weighted by Gasteiger charge is -2.20. The molecule has 2 rings (SSSR count). The molecule has 5 heteroatoms. The van der Waals surface area contributed by atoms with Gasteiger partial charge in [-0.25, -0.2) is 9.18 Å². The summed E-state index contributed by atoms with van der Waals surface area (Å²) in [5.41, 5.74) is -0.275. The summed E-state index contributed by atoms with van der Waals surface area (Å²) in [5, 5.41) is 11.6. The molecule has 2 N–H and O–H groups in total. The van der Waals surface area contributed by atoms with E-state index in [-0.39, 0.29) is 17.2 Å². The topological polar surface area (TPSA) is 66.4 Å². The van der Waals surface area contributed by atoms with Crippen LogP contribution in [0.1, 0.15) is 53.3 Å². The number of nitrogens with one attached hydrogen (secondary N) is 1. The van der Waals surface area contributed by atoms with Gasteiger partial charge in [-0.1, -0.05) is 12.8 Å². The molecule has 1 fully saturated rings. The van der Waals surface area contributed by atoms with Crippen molar-refractivity contribution in [1.29, 1.82) is 0 Å². The molecule has 0 radical (unpaired) electrons. The normalized spacial score (nSPS) is 16.9. The van der Waals surface area contributed by atoms with E-state index in [0.717, 1.165) is 18.9 Å². The molecule has 108 valence electrons. The average molecular weight is 279 g/mol. The summed E-state index contributed by atoms with van der Waals surface area (Å²) in [7, 11) is 0. The number of carbonyl (C=O) groups excluding carboxylic acids is 1. The highest BCUT2D eigenvalue weighted by Crippen LogP contribution is 2.27. The van der Waals surface area contributed by atoms with Crippen molar-refractivity contribution < 1.29 is 19.1 Å². The van der Waals surface area contributed by atoms with Gasteiger partial charge in [0.05, 0.1) is 11.1 Å². The monoisotopic (exact) mass is 279 g/mol. The van der Waals surface area contributed by atoms with Crippen molar-refractivity contribution in [3.05, 3.63) is 35.1 Å². The van der Waals surface area contributed by atoms with Crippen molar-refractivity contribution in [3.8, 4) is 0 Å². The predicted molar refractivity (Wildman–Crippen MR) is 72.2 cm³/mol. The van der Waals surface area contributed by atoms with Gasteiger partial charge in [-0.05, 0) is 43.9 Å². The zero-order valence-electron chi connectivity index (χ0n) is 11.4. The second-order valence-electron chi connectivity index (χ2n) is 5.31. The molecule has 1 amide bonds. The standard InChI is InChI=1S/C15H18FNO3/c1-9(10-4-2-3-5-10)17-14(18)12-7-6-11(15(19)20)8-13(12)16/h6-10H,2-5H2,1H3,(H,17,18)(H,19,20). The van der Waals surface area contributed by atoms with Crippen LogP contribution in [0.2, 0.25) is 0 Å². The van der Waals surface area contributed by atoms with Crippen LogP contribution in [0.4, 0.5) is 4.39 Å². The number of benzene rings is 1. The summed E-state index contributed by atoms with van der Waals surface area (Å²) in [5.74, 6) is -2.06. The molecule has 1 aliphatic carbocycles. The van der Waals surface area contributed by atoms with Crippen molar-refractivity contribution in [3.63, 3.8) is 0 Å². The highest BCUT2D eigenvalue weighted by atomic mass is 19.1. The minimum Gasteiger partial charge on any atom is -0.478 e. The van der Waals surface area contributed by atoms with Crippen LogP contribution in [0, 0.1) is 11.7 Å². The number of amides is 1. The average Bonchev–Trinajstić information content (AvgIpc) is 2.92. The maximum atomic E-state index is 13.8. The third-order valence-corrected chi connectivity index (χ3v) is 3.93. The summed E-state index contributed by atoms with van der Waals surface area (Å²) in [6.07, 6.45) is 4.52. The van der Waals surface area contributed by atoms with Crippen LogP contribution in [-0.2, 0) is 0 Å². The molecule has 1 saturated carbocycles. The Hall–Kier alpha value is -1.91. The van der Waals surface area contributed by atoms with Crippen LogP contribution in [0.3, 0.4) is 0 Å². The van der Waals surface area contributed by atoms with Crippen molar-refractivity contribution in [1.82, 2.24) is 5.32 Å². The van der Waals surface area contributed by atoms with Gasteiger partial charge >= 0.3 is 5.97 Å². The van der Waals surface area contributed by atoms with Crippen LogP contribution in [0.25, 0.3) is 0 Å². The Kier molecular flexibility index (Phi) is 4.37. The smallest absolute Gasteiger partial charge is 0.335 e. The molecule has 4 nitrogen and oxygen atoms in total. The lowest BCUT2D eigenvalue weighted by Crippen LogP contribution is -2.37. The maximum absolute atomic E-state index is 13.8. The van der Waals surface area contributed by atoms with Crippen LogP contribution >= 0.6 is 0 Å². The Balaban J connectivity index is 2.07. The van der Waals surface area contributed by atoms with Gasteiger partial charge in [0, 0.05) is 6.04 Å². The van der Waals surface area contributed by atoms with Crippen LogP contribution in [0.15, 0.2) is 18.2 Å². The van der Waals surface area contributed by atoms with Gasteiger partial charge in [0.1, 0.15) is 5.82 Å². The van der Waals surface area contributed by atoms with Crippen LogP contribution in [-0.4, -0.2) is 23.0 Å². The van der Waals surface area contributed by atoms with Crippen molar-refractivity contribution in [2.24, 2.45) is 5.92 Å². The van der Waals surface area contributed by atoms with Crippen LogP contribution in [0.5, 0.6) is 0 Å². The van der Waals surface area contributed by atoms with Gasteiger partial charge in [0.2, 0.25) is 0 Å². The lowest BCUT2D eigenvalue weighted by molar-refractivity contribution is 0.0695. The number of halogens is 1. The molecule has 1 atom stereocenters. The molecule has 0 aromatic heterocycles. The summed E-state index contributed by atoms with van der Waals surface area (Å²) >= 11 is 0. The fraction of sp³-hybridized carbons (Fsp3) is 0.467. The van der Waals surface area contributed by atoms with E-state index in [2.05, 4.69) is 5.32 Å². The fourth-order valence-corrected chi connectivity index (χ4v) is 2.69. The molecule has 0 heterocycles. The fourth-order valence-electron chi connectivity index (χ4n) is 2.69. The summed E-state index contributed by atoms with van der Waals surface area (Å²) in [4.78, 5) is 22.7. The second-order valence-corrected chi connectivity index (χ2v) is 5.31. The number of carbonyl (C=O) groups is 2. The molecule has 0 saturated heterocycles. The Bertz CT molecular complexity index is 524. The molecule has 1 aliphatic rings. The molecule has 0 spiro atoms. The van der Waals surface area contributed by atoms with Crippen molar-refractivity contribution in [2.75, 3.05) is 0 Å². The Morgan fingerprint density at radius 2 is 2.00 bits per heavy atom. The lowest BCUT2D eigenvalue weighted by atomic mass is 9.99. The number of rotatable bonds is 4. The number of carboxylic acid groups (broad SMARTS) is 1. The van der Waals surface area contributed by atoms with Gasteiger partial charge in [0.25, 0.3) is 5.91 Å². The largest absolute Gasteiger partial charge is 0.478 e. The van der Waals surface area contributed by atoms with Gasteiger partial charge in [-0.15, -0.1) is 0 Å². The number of hydrogen-bond donors (Lipinski definition) is 2. The van der Waals surface area contributed by atoms with E-state index >= 15 is 0 Å². The summed E-state index contributed by atoms with van der Waals surface area (Å²) in [6, 6.07) is 3.33. The Labute approximate surface area is 117 Å². The van der Waals surface area contributed by atoms with E-state index in [4.69, 9.17) is 5.11 Å². The highest BCUT2D eigenvalue weighted by molar-refractivity contribution is 5.96. The molecular weight excluding hydrogens is 261 g/mol. The minimum atomic E-state index is -1.21. The number of aromatic carboxylic acids is 1. The second kappa shape index (κ2) is 6.03. The molecule has 1 aromatic rings. The predicted octanol–water partition coefficient (Wildman–Crippen LogP) is 2.83. The van der Waals surface area contributed by atoms with E-state index in [1.165, 1.54) is 25.0 Å². The first kappa shape index (κ1) is 14.5. The highest BCUT2D eigenvalue weighted by Gasteiger charge is 2.24. The molecular formula is C15H18FNO3. The first-order valence-electron chi connectivity index (χ1n) is 6.82. The van der Waals surface area contributed by atoms with Crippen LogP contribution < -0.4 is 5.32 Å². The Morgan fingerprint density at radius 3 is 2.55 bits per heavy atom. The third kappa shape index (κ3) is 3.15. The molecule has 1 unspecified atom stereocenters. The molecule has 0 bridgehead atoms.